The minimum Gasteiger partial charge on any atom is -0.445 e. The van der Waals surface area contributed by atoms with Gasteiger partial charge in [-0.1, -0.05) is 48.5 Å². The van der Waals surface area contributed by atoms with Gasteiger partial charge in [0.2, 0.25) is 0 Å². The maximum Gasteiger partial charge on any atom is 0.410 e. The van der Waals surface area contributed by atoms with Crippen LogP contribution >= 0.6 is 0 Å². The van der Waals surface area contributed by atoms with Crippen LogP contribution in [0.2, 0.25) is 0 Å². The topological polar surface area (TPSA) is 49.8 Å². The molecule has 1 heterocycles. The Hall–Kier alpha value is -2.40. The third-order valence-electron chi connectivity index (χ3n) is 4.27. The molecule has 1 unspecified atom stereocenters. The van der Waals surface area contributed by atoms with E-state index in [-0.39, 0.29) is 25.4 Å². The fourth-order valence-corrected chi connectivity index (χ4v) is 2.96. The number of halogens is 1. The van der Waals surface area contributed by atoms with Crippen LogP contribution in [0.1, 0.15) is 17.5 Å². The monoisotopic (exact) mass is 329 g/mol. The summed E-state index contributed by atoms with van der Waals surface area (Å²) in [5, 5.41) is 10.7. The van der Waals surface area contributed by atoms with Crippen LogP contribution in [0.4, 0.5) is 9.18 Å². The van der Waals surface area contributed by atoms with Crippen molar-refractivity contribution in [2.75, 3.05) is 13.1 Å². The number of amides is 1. The number of rotatable bonds is 4. The third-order valence-corrected chi connectivity index (χ3v) is 4.27. The second-order valence-corrected chi connectivity index (χ2v) is 6.20. The number of hydrogen-bond acceptors (Lipinski definition) is 3. The first kappa shape index (κ1) is 16.5. The van der Waals surface area contributed by atoms with Crippen LogP contribution in [-0.4, -0.2) is 34.8 Å². The summed E-state index contributed by atoms with van der Waals surface area (Å²) in [7, 11) is 0. The van der Waals surface area contributed by atoms with E-state index in [1.165, 1.54) is 11.0 Å². The summed E-state index contributed by atoms with van der Waals surface area (Å²) in [5.74, 6) is -0.337. The number of β-amino-alcohol motifs (C(OH)–C–C–N with tert-alkyl or cyclic N) is 1. The van der Waals surface area contributed by atoms with E-state index in [0.717, 1.165) is 5.56 Å². The highest BCUT2D eigenvalue weighted by Gasteiger charge is 2.39. The number of aliphatic hydroxyl groups is 1. The Morgan fingerprint density at radius 1 is 1.17 bits per heavy atom. The van der Waals surface area contributed by atoms with Crippen molar-refractivity contribution in [2.45, 2.75) is 25.0 Å². The quantitative estimate of drug-likeness (QED) is 0.937. The highest BCUT2D eigenvalue weighted by Crippen LogP contribution is 2.27. The normalized spacial score (nSPS) is 20.2. The van der Waals surface area contributed by atoms with E-state index >= 15 is 0 Å². The van der Waals surface area contributed by atoms with E-state index in [0.29, 0.717) is 18.5 Å². The molecule has 4 nitrogen and oxygen atoms in total. The van der Waals surface area contributed by atoms with Gasteiger partial charge in [0.15, 0.2) is 0 Å². The Morgan fingerprint density at radius 3 is 2.62 bits per heavy atom. The smallest absolute Gasteiger partial charge is 0.410 e. The average molecular weight is 329 g/mol. The van der Waals surface area contributed by atoms with Gasteiger partial charge in [-0.25, -0.2) is 9.18 Å². The van der Waals surface area contributed by atoms with Gasteiger partial charge < -0.3 is 14.7 Å². The number of likely N-dealkylation sites (tertiary alicyclic amines) is 1. The van der Waals surface area contributed by atoms with E-state index in [4.69, 9.17) is 4.74 Å². The highest BCUT2D eigenvalue weighted by molar-refractivity contribution is 5.68. The molecule has 0 saturated carbocycles. The number of carbonyl (C=O) groups excluding carboxylic acids is 1. The summed E-state index contributed by atoms with van der Waals surface area (Å²) < 4.78 is 19.0. The molecule has 1 N–H and O–H groups in total. The van der Waals surface area contributed by atoms with Crippen LogP contribution in [0, 0.1) is 5.82 Å². The van der Waals surface area contributed by atoms with Crippen LogP contribution in [0.5, 0.6) is 0 Å². The summed E-state index contributed by atoms with van der Waals surface area (Å²) in [6.45, 7) is 0.745. The second-order valence-electron chi connectivity index (χ2n) is 6.20. The number of carbonyl (C=O) groups is 1. The Balaban J connectivity index is 1.56. The number of hydrogen-bond donors (Lipinski definition) is 1. The first-order valence-corrected chi connectivity index (χ1v) is 7.97. The van der Waals surface area contributed by atoms with Gasteiger partial charge in [-0.05, 0) is 23.6 Å². The summed E-state index contributed by atoms with van der Waals surface area (Å²) in [4.78, 5) is 13.6. The molecule has 0 spiro atoms. The Morgan fingerprint density at radius 2 is 1.88 bits per heavy atom. The van der Waals surface area contributed by atoms with E-state index in [1.807, 2.05) is 30.3 Å². The molecule has 24 heavy (non-hydrogen) atoms. The van der Waals surface area contributed by atoms with Crippen LogP contribution < -0.4 is 0 Å². The third kappa shape index (κ3) is 3.92. The molecule has 1 aliphatic rings. The van der Waals surface area contributed by atoms with Gasteiger partial charge >= 0.3 is 6.09 Å². The number of nitrogens with zero attached hydrogens (tertiary/aromatic N) is 1. The fraction of sp³-hybridized carbons (Fsp3) is 0.316. The van der Waals surface area contributed by atoms with Crippen LogP contribution in [0.3, 0.4) is 0 Å². The lowest BCUT2D eigenvalue weighted by atomic mass is 9.93. The molecule has 2 aromatic carbocycles. The lowest BCUT2D eigenvalue weighted by Crippen LogP contribution is -2.38. The molecule has 1 saturated heterocycles. The first-order valence-electron chi connectivity index (χ1n) is 7.97. The van der Waals surface area contributed by atoms with Crippen molar-refractivity contribution in [1.82, 2.24) is 4.90 Å². The zero-order chi connectivity index (χ0) is 17.0. The highest BCUT2D eigenvalue weighted by atomic mass is 19.1. The van der Waals surface area contributed by atoms with Crippen LogP contribution in [0.25, 0.3) is 0 Å². The molecule has 0 aliphatic carbocycles. The van der Waals surface area contributed by atoms with Crippen molar-refractivity contribution in [3.8, 4) is 0 Å². The molecule has 126 valence electrons. The molecule has 1 aliphatic heterocycles. The molecule has 1 amide bonds. The molecule has 0 bridgehead atoms. The lowest BCUT2D eigenvalue weighted by Gasteiger charge is -2.23. The van der Waals surface area contributed by atoms with E-state index in [2.05, 4.69) is 0 Å². The van der Waals surface area contributed by atoms with Gasteiger partial charge in [-0.15, -0.1) is 0 Å². The summed E-state index contributed by atoms with van der Waals surface area (Å²) >= 11 is 0. The maximum absolute atomic E-state index is 13.8. The summed E-state index contributed by atoms with van der Waals surface area (Å²) in [6, 6.07) is 15.8. The van der Waals surface area contributed by atoms with Crippen molar-refractivity contribution >= 4 is 6.09 Å². The molecular weight excluding hydrogens is 309 g/mol. The molecule has 5 heteroatoms. The SMILES string of the molecule is O=C(OCc1ccccc1)N1CCC(O)(Cc2ccccc2F)C1. The molecular formula is C19H20FNO3. The minimum absolute atomic E-state index is 0.148. The number of benzene rings is 2. The molecule has 1 atom stereocenters. The zero-order valence-electron chi connectivity index (χ0n) is 13.3. The van der Waals surface area contributed by atoms with Crippen molar-refractivity contribution in [3.63, 3.8) is 0 Å². The van der Waals surface area contributed by atoms with Crippen molar-refractivity contribution < 1.29 is 19.0 Å². The molecule has 0 radical (unpaired) electrons. The van der Waals surface area contributed by atoms with E-state index in [9.17, 15) is 14.3 Å². The molecule has 2 aromatic rings. The van der Waals surface area contributed by atoms with Gasteiger partial charge in [0, 0.05) is 13.0 Å². The fourth-order valence-electron chi connectivity index (χ4n) is 2.96. The van der Waals surface area contributed by atoms with E-state index < -0.39 is 11.7 Å². The van der Waals surface area contributed by atoms with Crippen LogP contribution in [-0.2, 0) is 17.8 Å². The molecule has 3 rings (SSSR count). The molecule has 1 fully saturated rings. The lowest BCUT2D eigenvalue weighted by molar-refractivity contribution is 0.0431. The zero-order valence-corrected chi connectivity index (χ0v) is 13.3. The van der Waals surface area contributed by atoms with Gasteiger partial charge in [0.25, 0.3) is 0 Å². The Bertz CT molecular complexity index is 707. The van der Waals surface area contributed by atoms with Gasteiger partial charge in [0.05, 0.1) is 12.1 Å². The summed E-state index contributed by atoms with van der Waals surface area (Å²) in [5.41, 5.74) is 0.250. The maximum atomic E-state index is 13.8. The summed E-state index contributed by atoms with van der Waals surface area (Å²) in [6.07, 6.45) is 0.132. The van der Waals surface area contributed by atoms with Crippen LogP contribution in [0.15, 0.2) is 54.6 Å². The Kier molecular flexibility index (Phi) is 4.81. The first-order chi connectivity index (χ1) is 11.6. The van der Waals surface area contributed by atoms with E-state index in [1.54, 1.807) is 18.2 Å². The average Bonchev–Trinajstić information content (AvgIpc) is 2.98. The van der Waals surface area contributed by atoms with Crippen molar-refractivity contribution in [3.05, 3.63) is 71.5 Å². The Labute approximate surface area is 140 Å². The predicted molar refractivity (Wildman–Crippen MR) is 87.9 cm³/mol. The largest absolute Gasteiger partial charge is 0.445 e. The molecule has 0 aromatic heterocycles. The minimum atomic E-state index is -1.12. The van der Waals surface area contributed by atoms with Gasteiger partial charge in [-0.3, -0.25) is 0 Å². The second kappa shape index (κ2) is 7.01. The predicted octanol–water partition coefficient (Wildman–Crippen LogP) is 3.14. The number of ether oxygens (including phenoxy) is 1. The van der Waals surface area contributed by atoms with Crippen molar-refractivity contribution in [2.24, 2.45) is 0 Å². The van der Waals surface area contributed by atoms with Crippen molar-refractivity contribution in [1.29, 1.82) is 0 Å². The van der Waals surface area contributed by atoms with Gasteiger partial charge in [0.1, 0.15) is 12.4 Å². The van der Waals surface area contributed by atoms with Gasteiger partial charge in [-0.2, -0.15) is 0 Å². The standard InChI is InChI=1S/C19H20FNO3/c20-17-9-5-4-8-16(17)12-19(23)10-11-21(14-19)18(22)24-13-15-6-2-1-3-7-15/h1-9,23H,10-14H2.